The highest BCUT2D eigenvalue weighted by Crippen LogP contribution is 2.36. The van der Waals surface area contributed by atoms with Crippen molar-refractivity contribution >= 4 is 16.8 Å². The molecule has 0 spiro atoms. The maximum Gasteiger partial charge on any atom is 0.267 e. The van der Waals surface area contributed by atoms with Gasteiger partial charge in [0.05, 0.1) is 16.8 Å². The molecule has 172 valence electrons. The Kier molecular flexibility index (Phi) is 5.64. The summed E-state index contributed by atoms with van der Waals surface area (Å²) < 4.78 is 18.1. The molecular weight excluding hydrogens is 431 g/mol. The first-order valence-corrected chi connectivity index (χ1v) is 11.3. The summed E-state index contributed by atoms with van der Waals surface area (Å²) in [4.78, 5) is 13.2. The first-order valence-electron chi connectivity index (χ1n) is 11.3. The van der Waals surface area contributed by atoms with Crippen LogP contribution >= 0.6 is 0 Å². The second kappa shape index (κ2) is 8.76. The fraction of sp³-hybridized carbons (Fsp3) is 0.269. The molecule has 7 nitrogen and oxygen atoms in total. The first-order chi connectivity index (χ1) is 16.4. The van der Waals surface area contributed by atoms with E-state index in [4.69, 9.17) is 5.26 Å². The van der Waals surface area contributed by atoms with Crippen LogP contribution in [0.25, 0.3) is 33.3 Å². The van der Waals surface area contributed by atoms with Crippen LogP contribution in [0.3, 0.4) is 0 Å². The van der Waals surface area contributed by atoms with Gasteiger partial charge in [0, 0.05) is 37.8 Å². The van der Waals surface area contributed by atoms with E-state index in [0.717, 1.165) is 47.2 Å². The number of nitrogens with one attached hydrogen (secondary N) is 2. The molecule has 3 heterocycles. The van der Waals surface area contributed by atoms with Gasteiger partial charge in [-0.05, 0) is 66.9 Å². The average Bonchev–Trinajstić information content (AvgIpc) is 3.55. The standard InChI is InChI=1S/C26H25FN6O/c1-32-15-20-9-18(5-6-23(20)31-32)25-21(17-3-4-19(12-28)22(27)10-17)11-24(33(25)2)26(34)30-14-16-7-8-29-13-16/h3-6,9-11,15-16,29H,7-8,13-14H2,1-2H3,(H,30,34)/t16-/m1/s1. The van der Waals surface area contributed by atoms with E-state index in [0.29, 0.717) is 23.7 Å². The summed E-state index contributed by atoms with van der Waals surface area (Å²) in [6.45, 7) is 2.48. The summed E-state index contributed by atoms with van der Waals surface area (Å²) in [6, 6.07) is 14.1. The third-order valence-corrected chi connectivity index (χ3v) is 6.47. The number of carbonyl (C=O) groups excluding carboxylic acids is 1. The van der Waals surface area contributed by atoms with E-state index in [1.165, 1.54) is 12.1 Å². The number of carbonyl (C=O) groups is 1. The molecule has 1 saturated heterocycles. The largest absolute Gasteiger partial charge is 0.350 e. The summed E-state index contributed by atoms with van der Waals surface area (Å²) in [5.74, 6) is -0.334. The number of hydrogen-bond donors (Lipinski definition) is 2. The van der Waals surface area contributed by atoms with E-state index in [2.05, 4.69) is 15.7 Å². The third kappa shape index (κ3) is 3.95. The zero-order chi connectivity index (χ0) is 23.8. The maximum absolute atomic E-state index is 14.5. The zero-order valence-corrected chi connectivity index (χ0v) is 19.1. The van der Waals surface area contributed by atoms with Crippen molar-refractivity contribution in [2.24, 2.45) is 20.0 Å². The van der Waals surface area contributed by atoms with Crippen molar-refractivity contribution in [2.45, 2.75) is 6.42 Å². The lowest BCUT2D eigenvalue weighted by molar-refractivity contribution is 0.0940. The van der Waals surface area contributed by atoms with Crippen molar-refractivity contribution < 1.29 is 9.18 Å². The second-order valence-electron chi connectivity index (χ2n) is 8.80. The minimum Gasteiger partial charge on any atom is -0.350 e. The molecule has 2 aromatic heterocycles. The van der Waals surface area contributed by atoms with Crippen molar-refractivity contribution in [1.82, 2.24) is 25.0 Å². The molecule has 5 rings (SSSR count). The Morgan fingerprint density at radius 1 is 1.24 bits per heavy atom. The predicted octanol–water partition coefficient (Wildman–Crippen LogP) is 3.60. The highest BCUT2D eigenvalue weighted by Gasteiger charge is 2.23. The van der Waals surface area contributed by atoms with E-state index in [9.17, 15) is 9.18 Å². The summed E-state index contributed by atoms with van der Waals surface area (Å²) in [6.07, 6.45) is 2.98. The Morgan fingerprint density at radius 3 is 2.79 bits per heavy atom. The molecule has 4 aromatic rings. The number of halogens is 1. The van der Waals surface area contributed by atoms with Gasteiger partial charge in [0.2, 0.25) is 0 Å². The highest BCUT2D eigenvalue weighted by atomic mass is 19.1. The molecule has 2 aromatic carbocycles. The van der Waals surface area contributed by atoms with Gasteiger partial charge < -0.3 is 15.2 Å². The van der Waals surface area contributed by atoms with Gasteiger partial charge in [-0.1, -0.05) is 12.1 Å². The van der Waals surface area contributed by atoms with Crippen molar-refractivity contribution in [1.29, 1.82) is 5.26 Å². The van der Waals surface area contributed by atoms with Gasteiger partial charge in [-0.15, -0.1) is 0 Å². The van der Waals surface area contributed by atoms with Gasteiger partial charge in [-0.2, -0.15) is 10.4 Å². The Hall–Kier alpha value is -3.96. The van der Waals surface area contributed by atoms with Crippen LogP contribution in [0.1, 0.15) is 22.5 Å². The number of hydrogen-bond acceptors (Lipinski definition) is 4. The van der Waals surface area contributed by atoms with Crippen LogP contribution in [0, 0.1) is 23.1 Å². The number of aryl methyl sites for hydroxylation is 1. The van der Waals surface area contributed by atoms with Crippen LogP contribution in [0.15, 0.2) is 48.7 Å². The van der Waals surface area contributed by atoms with Crippen LogP contribution in [-0.2, 0) is 14.1 Å². The Balaban J connectivity index is 1.60. The van der Waals surface area contributed by atoms with Crippen molar-refractivity contribution in [3.05, 3.63) is 65.7 Å². The topological polar surface area (TPSA) is 87.7 Å². The third-order valence-electron chi connectivity index (χ3n) is 6.47. The number of amides is 1. The zero-order valence-electron chi connectivity index (χ0n) is 19.1. The number of nitriles is 1. The van der Waals surface area contributed by atoms with E-state index >= 15 is 0 Å². The molecule has 0 bridgehead atoms. The van der Waals surface area contributed by atoms with E-state index in [1.54, 1.807) is 16.8 Å². The molecule has 0 aliphatic carbocycles. The Labute approximate surface area is 196 Å². The van der Waals surface area contributed by atoms with Crippen molar-refractivity contribution in [3.63, 3.8) is 0 Å². The molecule has 0 radical (unpaired) electrons. The lowest BCUT2D eigenvalue weighted by Gasteiger charge is -2.12. The van der Waals surface area contributed by atoms with Crippen LogP contribution in [0.2, 0.25) is 0 Å². The lowest BCUT2D eigenvalue weighted by atomic mass is 9.99. The van der Waals surface area contributed by atoms with Gasteiger partial charge in [0.1, 0.15) is 17.6 Å². The monoisotopic (exact) mass is 456 g/mol. The summed E-state index contributed by atoms with van der Waals surface area (Å²) in [5.41, 5.74) is 4.36. The Morgan fingerprint density at radius 2 is 2.06 bits per heavy atom. The molecular formula is C26H25FN6O. The number of aromatic nitrogens is 3. The molecule has 34 heavy (non-hydrogen) atoms. The second-order valence-corrected chi connectivity index (χ2v) is 8.80. The van der Waals surface area contributed by atoms with Gasteiger partial charge >= 0.3 is 0 Å². The SMILES string of the molecule is Cn1cc2cc(-c3c(-c4ccc(C#N)c(F)c4)cc(C(=O)NC[C@@H]4CCNC4)n3C)ccc2n1. The quantitative estimate of drug-likeness (QED) is 0.480. The minimum absolute atomic E-state index is 0.0128. The van der Waals surface area contributed by atoms with Crippen LogP contribution in [0.5, 0.6) is 0 Å². The molecule has 8 heteroatoms. The molecule has 0 saturated carbocycles. The van der Waals surface area contributed by atoms with E-state index in [1.807, 2.05) is 49.1 Å². The van der Waals surface area contributed by atoms with Crippen molar-refractivity contribution in [3.8, 4) is 28.5 Å². The number of fused-ring (bicyclic) bond motifs is 1. The molecule has 1 amide bonds. The number of nitrogens with zero attached hydrogens (tertiary/aromatic N) is 4. The smallest absolute Gasteiger partial charge is 0.267 e. The maximum atomic E-state index is 14.5. The molecule has 1 atom stereocenters. The minimum atomic E-state index is -0.586. The fourth-order valence-electron chi connectivity index (χ4n) is 4.68. The highest BCUT2D eigenvalue weighted by molar-refractivity contribution is 5.98. The molecule has 0 unspecified atom stereocenters. The number of benzene rings is 2. The van der Waals surface area contributed by atoms with E-state index in [-0.39, 0.29) is 11.5 Å². The molecule has 1 fully saturated rings. The normalized spacial score (nSPS) is 15.5. The average molecular weight is 457 g/mol. The molecule has 1 aliphatic heterocycles. The molecule has 1 aliphatic rings. The summed E-state index contributed by atoms with van der Waals surface area (Å²) >= 11 is 0. The van der Waals surface area contributed by atoms with Crippen LogP contribution in [0.4, 0.5) is 4.39 Å². The predicted molar refractivity (Wildman–Crippen MR) is 129 cm³/mol. The van der Waals surface area contributed by atoms with E-state index < -0.39 is 5.82 Å². The summed E-state index contributed by atoms with van der Waals surface area (Å²) in [5, 5.41) is 20.9. The van der Waals surface area contributed by atoms with Gasteiger partial charge in [-0.3, -0.25) is 9.48 Å². The van der Waals surface area contributed by atoms with Gasteiger partial charge in [0.25, 0.3) is 5.91 Å². The Bertz CT molecular complexity index is 1440. The van der Waals surface area contributed by atoms with Gasteiger partial charge in [-0.25, -0.2) is 4.39 Å². The molecule has 2 N–H and O–H groups in total. The number of rotatable bonds is 5. The lowest BCUT2D eigenvalue weighted by Crippen LogP contribution is -2.31. The van der Waals surface area contributed by atoms with Crippen molar-refractivity contribution in [2.75, 3.05) is 19.6 Å². The fourth-order valence-corrected chi connectivity index (χ4v) is 4.68. The summed E-state index contributed by atoms with van der Waals surface area (Å²) in [7, 11) is 3.72. The van der Waals surface area contributed by atoms with Gasteiger partial charge in [0.15, 0.2) is 0 Å². The first kappa shape index (κ1) is 21.9. The van der Waals surface area contributed by atoms with Crippen LogP contribution in [-0.4, -0.2) is 39.9 Å². The van der Waals surface area contributed by atoms with Crippen LogP contribution < -0.4 is 10.6 Å².